The molecule has 2 aromatic rings. The summed E-state index contributed by atoms with van der Waals surface area (Å²) >= 11 is 0. The molecule has 1 aromatic heterocycles. The number of aromatic nitrogens is 2. The van der Waals surface area contributed by atoms with Crippen LogP contribution in [0, 0.1) is 5.92 Å². The maximum atomic E-state index is 5.81. The topological polar surface area (TPSA) is 48.2 Å². The van der Waals surface area contributed by atoms with Crippen LogP contribution in [0.3, 0.4) is 0 Å². The van der Waals surface area contributed by atoms with E-state index in [1.807, 2.05) is 24.3 Å². The van der Waals surface area contributed by atoms with Gasteiger partial charge in [0.15, 0.2) is 0 Å². The monoisotopic (exact) mass is 260 g/mol. The molecule has 1 atom stereocenters. The number of hydrogen-bond acceptors (Lipinski definition) is 4. The molecule has 19 heavy (non-hydrogen) atoms. The van der Waals surface area contributed by atoms with Crippen LogP contribution in [-0.2, 0) is 0 Å². The zero-order valence-corrected chi connectivity index (χ0v) is 11.5. The van der Waals surface area contributed by atoms with Crippen molar-refractivity contribution in [3.05, 3.63) is 30.7 Å². The van der Waals surface area contributed by atoms with Crippen molar-refractivity contribution in [2.24, 2.45) is 5.92 Å². The standard InChI is InChI=1S/C15H20N2O2/c1-3-4-6-12(2)10-18-14-8-5-7-13(9-14)15-17-16-11-19-15/h5,7-9,11-12H,3-4,6,10H2,1-2H3. The summed E-state index contributed by atoms with van der Waals surface area (Å²) < 4.78 is 11.0. The van der Waals surface area contributed by atoms with E-state index in [4.69, 9.17) is 9.15 Å². The average molecular weight is 260 g/mol. The van der Waals surface area contributed by atoms with Gasteiger partial charge in [-0.15, -0.1) is 10.2 Å². The molecule has 0 aliphatic carbocycles. The Morgan fingerprint density at radius 2 is 2.26 bits per heavy atom. The maximum absolute atomic E-state index is 5.81. The van der Waals surface area contributed by atoms with Gasteiger partial charge in [-0.2, -0.15) is 0 Å². The Bertz CT molecular complexity index is 483. The molecule has 4 heteroatoms. The molecule has 0 fully saturated rings. The first kappa shape index (κ1) is 13.6. The lowest BCUT2D eigenvalue weighted by atomic mass is 10.1. The SMILES string of the molecule is CCCCC(C)COc1cccc(-c2nnco2)c1. The number of hydrogen-bond donors (Lipinski definition) is 0. The van der Waals surface area contributed by atoms with E-state index >= 15 is 0 Å². The van der Waals surface area contributed by atoms with Crippen LogP contribution in [-0.4, -0.2) is 16.8 Å². The number of unbranched alkanes of at least 4 members (excludes halogenated alkanes) is 1. The lowest BCUT2D eigenvalue weighted by Gasteiger charge is -2.12. The molecule has 102 valence electrons. The van der Waals surface area contributed by atoms with Gasteiger partial charge in [0, 0.05) is 5.56 Å². The van der Waals surface area contributed by atoms with E-state index < -0.39 is 0 Å². The van der Waals surface area contributed by atoms with Crippen LogP contribution in [0.4, 0.5) is 0 Å². The van der Waals surface area contributed by atoms with Crippen molar-refractivity contribution in [2.45, 2.75) is 33.1 Å². The molecular weight excluding hydrogens is 240 g/mol. The first-order chi connectivity index (χ1) is 9.29. The second-order valence-corrected chi connectivity index (χ2v) is 4.83. The van der Waals surface area contributed by atoms with Crippen molar-refractivity contribution in [1.29, 1.82) is 0 Å². The molecule has 1 aromatic carbocycles. The minimum atomic E-state index is 0.518. The molecule has 0 aliphatic rings. The first-order valence-electron chi connectivity index (χ1n) is 6.79. The van der Waals surface area contributed by atoms with Crippen LogP contribution < -0.4 is 4.74 Å². The van der Waals surface area contributed by atoms with Gasteiger partial charge in [-0.1, -0.05) is 32.8 Å². The summed E-state index contributed by atoms with van der Waals surface area (Å²) in [7, 11) is 0. The average Bonchev–Trinajstić information content (AvgIpc) is 2.97. The molecule has 0 saturated carbocycles. The molecule has 0 amide bonds. The minimum absolute atomic E-state index is 0.518. The lowest BCUT2D eigenvalue weighted by Crippen LogP contribution is -2.08. The van der Waals surface area contributed by atoms with E-state index in [1.165, 1.54) is 25.7 Å². The number of benzene rings is 1. The van der Waals surface area contributed by atoms with E-state index in [0.717, 1.165) is 17.9 Å². The van der Waals surface area contributed by atoms with Gasteiger partial charge >= 0.3 is 0 Å². The van der Waals surface area contributed by atoms with Crippen LogP contribution in [0.2, 0.25) is 0 Å². The number of nitrogens with zero attached hydrogens (tertiary/aromatic N) is 2. The van der Waals surface area contributed by atoms with Crippen molar-refractivity contribution >= 4 is 0 Å². The van der Waals surface area contributed by atoms with Crippen LogP contribution in [0.1, 0.15) is 33.1 Å². The summed E-state index contributed by atoms with van der Waals surface area (Å²) in [5.74, 6) is 1.94. The molecule has 1 heterocycles. The third-order valence-electron chi connectivity index (χ3n) is 3.03. The molecule has 2 rings (SSSR count). The summed E-state index contributed by atoms with van der Waals surface area (Å²) in [6, 6.07) is 7.75. The van der Waals surface area contributed by atoms with Crippen LogP contribution in [0.15, 0.2) is 35.1 Å². The van der Waals surface area contributed by atoms with Crippen LogP contribution in [0.25, 0.3) is 11.5 Å². The molecule has 4 nitrogen and oxygen atoms in total. The van der Waals surface area contributed by atoms with Crippen molar-refractivity contribution in [1.82, 2.24) is 10.2 Å². The van der Waals surface area contributed by atoms with Crippen molar-refractivity contribution < 1.29 is 9.15 Å². The molecular formula is C15H20N2O2. The molecule has 0 saturated heterocycles. The Labute approximate surface area is 113 Å². The number of rotatable bonds is 7. The smallest absolute Gasteiger partial charge is 0.247 e. The van der Waals surface area contributed by atoms with E-state index in [2.05, 4.69) is 24.0 Å². The fourth-order valence-corrected chi connectivity index (χ4v) is 1.89. The highest BCUT2D eigenvalue weighted by molar-refractivity contribution is 5.55. The summed E-state index contributed by atoms with van der Waals surface area (Å²) in [5.41, 5.74) is 0.885. The Morgan fingerprint density at radius 1 is 1.37 bits per heavy atom. The van der Waals surface area contributed by atoms with Crippen LogP contribution >= 0.6 is 0 Å². The zero-order chi connectivity index (χ0) is 13.5. The quantitative estimate of drug-likeness (QED) is 0.756. The van der Waals surface area contributed by atoms with Gasteiger partial charge in [-0.05, 0) is 30.5 Å². The first-order valence-corrected chi connectivity index (χ1v) is 6.79. The van der Waals surface area contributed by atoms with Gasteiger partial charge in [0.05, 0.1) is 6.61 Å². The van der Waals surface area contributed by atoms with Gasteiger partial charge < -0.3 is 9.15 Å². The summed E-state index contributed by atoms with van der Waals surface area (Å²) in [6.07, 6.45) is 5.03. The predicted molar refractivity (Wildman–Crippen MR) is 73.9 cm³/mol. The Morgan fingerprint density at radius 3 is 3.00 bits per heavy atom. The number of ether oxygens (including phenoxy) is 1. The van der Waals surface area contributed by atoms with Gasteiger partial charge in [0.2, 0.25) is 12.3 Å². The fourth-order valence-electron chi connectivity index (χ4n) is 1.89. The molecule has 0 N–H and O–H groups in total. The Hall–Kier alpha value is -1.84. The maximum Gasteiger partial charge on any atom is 0.247 e. The second kappa shape index (κ2) is 6.92. The molecule has 0 aliphatic heterocycles. The zero-order valence-electron chi connectivity index (χ0n) is 11.5. The van der Waals surface area contributed by atoms with Gasteiger partial charge in [0.25, 0.3) is 0 Å². The van der Waals surface area contributed by atoms with Crippen molar-refractivity contribution in [3.8, 4) is 17.2 Å². The third kappa shape index (κ3) is 4.09. The predicted octanol–water partition coefficient (Wildman–Crippen LogP) is 3.94. The highest BCUT2D eigenvalue weighted by Crippen LogP contribution is 2.22. The molecule has 1 unspecified atom stereocenters. The largest absolute Gasteiger partial charge is 0.493 e. The van der Waals surface area contributed by atoms with Crippen LogP contribution in [0.5, 0.6) is 5.75 Å². The fraction of sp³-hybridized carbons (Fsp3) is 0.467. The summed E-state index contributed by atoms with van der Waals surface area (Å²) in [4.78, 5) is 0. The van der Waals surface area contributed by atoms with E-state index in [-0.39, 0.29) is 0 Å². The lowest BCUT2D eigenvalue weighted by molar-refractivity contribution is 0.250. The highest BCUT2D eigenvalue weighted by Gasteiger charge is 2.06. The van der Waals surface area contributed by atoms with Gasteiger partial charge in [0.1, 0.15) is 5.75 Å². The van der Waals surface area contributed by atoms with Crippen molar-refractivity contribution in [2.75, 3.05) is 6.61 Å². The Kier molecular flexibility index (Phi) is 4.95. The van der Waals surface area contributed by atoms with Gasteiger partial charge in [-0.25, -0.2) is 0 Å². The third-order valence-corrected chi connectivity index (χ3v) is 3.03. The summed E-state index contributed by atoms with van der Waals surface area (Å²) in [6.45, 7) is 5.17. The molecule has 0 bridgehead atoms. The Balaban J connectivity index is 1.92. The molecule has 0 radical (unpaired) electrons. The van der Waals surface area contributed by atoms with E-state index in [9.17, 15) is 0 Å². The molecule has 0 spiro atoms. The van der Waals surface area contributed by atoms with Crippen molar-refractivity contribution in [3.63, 3.8) is 0 Å². The van der Waals surface area contributed by atoms with E-state index in [1.54, 1.807) is 0 Å². The highest BCUT2D eigenvalue weighted by atomic mass is 16.5. The normalized spacial score (nSPS) is 12.3. The van der Waals surface area contributed by atoms with E-state index in [0.29, 0.717) is 11.8 Å². The second-order valence-electron chi connectivity index (χ2n) is 4.83. The minimum Gasteiger partial charge on any atom is -0.493 e. The van der Waals surface area contributed by atoms with Gasteiger partial charge in [-0.3, -0.25) is 0 Å². The summed E-state index contributed by atoms with van der Waals surface area (Å²) in [5, 5.41) is 7.57.